The summed E-state index contributed by atoms with van der Waals surface area (Å²) in [6, 6.07) is 8.59. The molecule has 108 valence electrons. The molecule has 0 amide bonds. The molecule has 1 atom stereocenters. The van der Waals surface area contributed by atoms with E-state index in [1.165, 1.54) is 63.4 Å². The van der Waals surface area contributed by atoms with Gasteiger partial charge in [-0.05, 0) is 36.5 Å². The highest BCUT2D eigenvalue weighted by molar-refractivity contribution is 7.80. The molecule has 1 aromatic carbocycles. The molecule has 0 aliphatic heterocycles. The summed E-state index contributed by atoms with van der Waals surface area (Å²) in [6.45, 7) is 4.67. The molecule has 1 aromatic rings. The molecule has 0 nitrogen and oxygen atoms in total. The van der Waals surface area contributed by atoms with Crippen molar-refractivity contribution in [1.82, 2.24) is 0 Å². The maximum absolute atomic E-state index is 4.31. The minimum atomic E-state index is 0.926. The van der Waals surface area contributed by atoms with Gasteiger partial charge in [-0.3, -0.25) is 0 Å². The van der Waals surface area contributed by atoms with Crippen molar-refractivity contribution in [3.63, 3.8) is 0 Å². The van der Waals surface area contributed by atoms with Gasteiger partial charge >= 0.3 is 0 Å². The van der Waals surface area contributed by atoms with Crippen LogP contribution in [0.25, 0.3) is 0 Å². The van der Waals surface area contributed by atoms with Crippen molar-refractivity contribution < 1.29 is 0 Å². The van der Waals surface area contributed by atoms with E-state index in [1.54, 1.807) is 0 Å². The van der Waals surface area contributed by atoms with Crippen molar-refractivity contribution in [2.45, 2.75) is 76.5 Å². The smallest absolute Gasteiger partial charge is 0.00401 e. The molecule has 0 aliphatic rings. The molecule has 0 N–H and O–H groups in total. The molecule has 0 fully saturated rings. The van der Waals surface area contributed by atoms with Crippen LogP contribution < -0.4 is 0 Å². The lowest BCUT2D eigenvalue weighted by atomic mass is 9.99. The predicted molar refractivity (Wildman–Crippen MR) is 89.2 cm³/mol. The maximum atomic E-state index is 4.31. The molecular formula is C18H30S. The van der Waals surface area contributed by atoms with Crippen LogP contribution in [0.1, 0.15) is 70.8 Å². The largest absolute Gasteiger partial charge is 0.143 e. The first-order valence-electron chi connectivity index (χ1n) is 8.00. The van der Waals surface area contributed by atoms with E-state index in [4.69, 9.17) is 0 Å². The third-order valence-corrected chi connectivity index (χ3v) is 4.34. The van der Waals surface area contributed by atoms with E-state index < -0.39 is 0 Å². The standard InChI is InChI=1S/C18H30S/c1-3-16(2)10-8-6-4-5-7-9-11-17-12-14-18(19)15-13-17/h12-16,19H,3-11H2,1-2H3. The van der Waals surface area contributed by atoms with Gasteiger partial charge in [0.1, 0.15) is 0 Å². The highest BCUT2D eigenvalue weighted by Gasteiger charge is 1.98. The third-order valence-electron chi connectivity index (χ3n) is 4.05. The number of rotatable bonds is 10. The normalized spacial score (nSPS) is 12.6. The summed E-state index contributed by atoms with van der Waals surface area (Å²) in [5, 5.41) is 0. The quantitative estimate of drug-likeness (QED) is 0.377. The van der Waals surface area contributed by atoms with E-state index in [9.17, 15) is 0 Å². The monoisotopic (exact) mass is 278 g/mol. The van der Waals surface area contributed by atoms with Crippen molar-refractivity contribution in [3.8, 4) is 0 Å². The maximum Gasteiger partial charge on any atom is 0.00401 e. The van der Waals surface area contributed by atoms with Gasteiger partial charge in [0.05, 0.1) is 0 Å². The molecule has 1 heteroatoms. The molecule has 0 aromatic heterocycles. The number of hydrogen-bond acceptors (Lipinski definition) is 1. The van der Waals surface area contributed by atoms with Gasteiger partial charge in [0.15, 0.2) is 0 Å². The zero-order valence-electron chi connectivity index (χ0n) is 12.7. The van der Waals surface area contributed by atoms with Gasteiger partial charge < -0.3 is 0 Å². The Kier molecular flexibility index (Phi) is 9.07. The Balaban J connectivity index is 1.92. The summed E-state index contributed by atoms with van der Waals surface area (Å²) >= 11 is 4.31. The first-order chi connectivity index (χ1) is 9.22. The van der Waals surface area contributed by atoms with Crippen LogP contribution in [0.3, 0.4) is 0 Å². The van der Waals surface area contributed by atoms with Crippen molar-refractivity contribution >= 4 is 12.6 Å². The molecule has 19 heavy (non-hydrogen) atoms. The molecule has 0 bridgehead atoms. The molecular weight excluding hydrogens is 248 g/mol. The molecule has 0 saturated heterocycles. The Hall–Kier alpha value is -0.430. The minimum Gasteiger partial charge on any atom is -0.143 e. The average molecular weight is 279 g/mol. The van der Waals surface area contributed by atoms with E-state index >= 15 is 0 Å². The van der Waals surface area contributed by atoms with Gasteiger partial charge in [0.2, 0.25) is 0 Å². The fraction of sp³-hybridized carbons (Fsp3) is 0.667. The van der Waals surface area contributed by atoms with Crippen LogP contribution in [0.4, 0.5) is 0 Å². The van der Waals surface area contributed by atoms with Gasteiger partial charge in [-0.15, -0.1) is 12.6 Å². The first kappa shape index (κ1) is 16.6. The van der Waals surface area contributed by atoms with Crippen LogP contribution in [0.5, 0.6) is 0 Å². The van der Waals surface area contributed by atoms with Crippen molar-refractivity contribution in [3.05, 3.63) is 29.8 Å². The van der Waals surface area contributed by atoms with E-state index in [1.807, 2.05) is 0 Å². The summed E-state index contributed by atoms with van der Waals surface area (Å²) < 4.78 is 0. The molecule has 1 unspecified atom stereocenters. The van der Waals surface area contributed by atoms with E-state index in [0.29, 0.717) is 0 Å². The number of hydrogen-bond donors (Lipinski definition) is 1. The Morgan fingerprint density at radius 2 is 1.47 bits per heavy atom. The van der Waals surface area contributed by atoms with Crippen LogP contribution in [0.2, 0.25) is 0 Å². The summed E-state index contributed by atoms with van der Waals surface area (Å²) in [6.07, 6.45) is 12.4. The highest BCUT2D eigenvalue weighted by Crippen LogP contribution is 2.15. The van der Waals surface area contributed by atoms with E-state index in [0.717, 1.165) is 10.8 Å². The Morgan fingerprint density at radius 1 is 0.895 bits per heavy atom. The Labute approximate surface area is 125 Å². The van der Waals surface area contributed by atoms with Gasteiger partial charge in [0.25, 0.3) is 0 Å². The molecule has 0 heterocycles. The van der Waals surface area contributed by atoms with Crippen LogP contribution in [-0.4, -0.2) is 0 Å². The number of unbranched alkanes of at least 4 members (excludes halogenated alkanes) is 5. The lowest BCUT2D eigenvalue weighted by Gasteiger charge is -2.07. The zero-order valence-corrected chi connectivity index (χ0v) is 13.6. The Bertz CT molecular complexity index is 315. The number of aryl methyl sites for hydroxylation is 1. The average Bonchev–Trinajstić information content (AvgIpc) is 2.43. The topological polar surface area (TPSA) is 0 Å². The fourth-order valence-corrected chi connectivity index (χ4v) is 2.54. The molecule has 0 radical (unpaired) electrons. The van der Waals surface area contributed by atoms with E-state index in [2.05, 4.69) is 50.7 Å². The Morgan fingerprint density at radius 3 is 2.11 bits per heavy atom. The van der Waals surface area contributed by atoms with Crippen LogP contribution in [0, 0.1) is 5.92 Å². The summed E-state index contributed by atoms with van der Waals surface area (Å²) in [5.41, 5.74) is 1.45. The van der Waals surface area contributed by atoms with Crippen molar-refractivity contribution in [2.75, 3.05) is 0 Å². The fourth-order valence-electron chi connectivity index (χ4n) is 2.40. The number of benzene rings is 1. The summed E-state index contributed by atoms with van der Waals surface area (Å²) in [7, 11) is 0. The first-order valence-corrected chi connectivity index (χ1v) is 8.45. The van der Waals surface area contributed by atoms with Crippen molar-refractivity contribution in [2.24, 2.45) is 5.92 Å². The van der Waals surface area contributed by atoms with Gasteiger partial charge in [0, 0.05) is 4.90 Å². The molecule has 0 saturated carbocycles. The third kappa shape index (κ3) is 8.36. The van der Waals surface area contributed by atoms with Crippen LogP contribution in [0.15, 0.2) is 29.2 Å². The second kappa shape index (κ2) is 10.4. The lowest BCUT2D eigenvalue weighted by molar-refractivity contribution is 0.471. The van der Waals surface area contributed by atoms with Crippen LogP contribution in [-0.2, 0) is 6.42 Å². The van der Waals surface area contributed by atoms with Gasteiger partial charge in [-0.2, -0.15) is 0 Å². The molecule has 1 rings (SSSR count). The number of thiol groups is 1. The second-order valence-corrected chi connectivity index (χ2v) is 6.36. The van der Waals surface area contributed by atoms with Gasteiger partial charge in [-0.1, -0.05) is 70.9 Å². The van der Waals surface area contributed by atoms with Crippen molar-refractivity contribution in [1.29, 1.82) is 0 Å². The highest BCUT2D eigenvalue weighted by atomic mass is 32.1. The lowest BCUT2D eigenvalue weighted by Crippen LogP contribution is -1.91. The molecule has 0 aliphatic carbocycles. The minimum absolute atomic E-state index is 0.926. The summed E-state index contributed by atoms with van der Waals surface area (Å²) in [5.74, 6) is 0.926. The van der Waals surface area contributed by atoms with Crippen LogP contribution >= 0.6 is 12.6 Å². The summed E-state index contributed by atoms with van der Waals surface area (Å²) in [4.78, 5) is 1.06. The van der Waals surface area contributed by atoms with Gasteiger partial charge in [-0.25, -0.2) is 0 Å². The molecule has 0 spiro atoms. The van der Waals surface area contributed by atoms with E-state index in [-0.39, 0.29) is 0 Å². The second-order valence-electron chi connectivity index (χ2n) is 5.84. The predicted octanol–water partition coefficient (Wildman–Crippen LogP) is 6.29. The SMILES string of the molecule is CCC(C)CCCCCCCCc1ccc(S)cc1. The zero-order chi connectivity index (χ0) is 13.9.